The number of halogens is 3. The molecular formula is C26H43F3. The Balaban J connectivity index is 1.49. The predicted molar refractivity (Wildman–Crippen MR) is 113 cm³/mol. The summed E-state index contributed by atoms with van der Waals surface area (Å²) in [6.07, 6.45) is 7.85. The van der Waals surface area contributed by atoms with Gasteiger partial charge in [0.05, 0.1) is 5.92 Å². The highest BCUT2D eigenvalue weighted by Crippen LogP contribution is 2.68. The van der Waals surface area contributed by atoms with Crippen LogP contribution in [0.4, 0.5) is 13.2 Å². The molecule has 8 unspecified atom stereocenters. The van der Waals surface area contributed by atoms with Crippen molar-refractivity contribution in [2.45, 2.75) is 111 Å². The molecule has 4 aliphatic carbocycles. The second-order valence-electron chi connectivity index (χ2n) is 13.1. The van der Waals surface area contributed by atoms with E-state index in [9.17, 15) is 13.2 Å². The molecule has 8 atom stereocenters. The molecule has 4 saturated carbocycles. The Hall–Kier alpha value is -0.210. The summed E-state index contributed by atoms with van der Waals surface area (Å²) in [6.45, 7) is 12.0. The van der Waals surface area contributed by atoms with E-state index in [1.807, 2.05) is 0 Å². The predicted octanol–water partition coefficient (Wildman–Crippen LogP) is 8.65. The number of fused-ring (bicyclic) bond motifs is 5. The van der Waals surface area contributed by atoms with Crippen LogP contribution in [0.1, 0.15) is 105 Å². The highest BCUT2D eigenvalue weighted by molar-refractivity contribution is 5.09. The van der Waals surface area contributed by atoms with Crippen molar-refractivity contribution in [1.82, 2.24) is 0 Å². The zero-order valence-corrected chi connectivity index (χ0v) is 19.4. The molecule has 168 valence electrons. The first-order valence-electron chi connectivity index (χ1n) is 12.4. The molecule has 0 spiro atoms. The van der Waals surface area contributed by atoms with Crippen LogP contribution in [0.2, 0.25) is 0 Å². The highest BCUT2D eigenvalue weighted by atomic mass is 19.4. The fourth-order valence-electron chi connectivity index (χ4n) is 8.75. The quantitative estimate of drug-likeness (QED) is 0.425. The number of rotatable bonds is 2. The summed E-state index contributed by atoms with van der Waals surface area (Å²) in [5.74, 6) is 2.39. The summed E-state index contributed by atoms with van der Waals surface area (Å²) < 4.78 is 40.2. The van der Waals surface area contributed by atoms with Crippen LogP contribution in [0.3, 0.4) is 0 Å². The minimum Gasteiger partial charge on any atom is -0.171 e. The van der Waals surface area contributed by atoms with E-state index in [1.165, 1.54) is 44.9 Å². The summed E-state index contributed by atoms with van der Waals surface area (Å²) in [6, 6.07) is 0. The Morgan fingerprint density at radius 3 is 2.10 bits per heavy atom. The van der Waals surface area contributed by atoms with Crippen LogP contribution in [-0.4, -0.2) is 6.18 Å². The van der Waals surface area contributed by atoms with Crippen molar-refractivity contribution in [2.75, 3.05) is 0 Å². The van der Waals surface area contributed by atoms with Crippen molar-refractivity contribution < 1.29 is 13.2 Å². The third-order valence-corrected chi connectivity index (χ3v) is 10.6. The minimum atomic E-state index is -3.99. The largest absolute Gasteiger partial charge is 0.391 e. The Labute approximate surface area is 176 Å². The van der Waals surface area contributed by atoms with Gasteiger partial charge in [-0.2, -0.15) is 13.2 Å². The van der Waals surface area contributed by atoms with Crippen molar-refractivity contribution >= 4 is 0 Å². The van der Waals surface area contributed by atoms with Crippen molar-refractivity contribution in [3.8, 4) is 0 Å². The average Bonchev–Trinajstić information content (AvgIpc) is 2.94. The first kappa shape index (κ1) is 22.0. The summed E-state index contributed by atoms with van der Waals surface area (Å²) in [4.78, 5) is 0. The van der Waals surface area contributed by atoms with E-state index in [2.05, 4.69) is 34.6 Å². The monoisotopic (exact) mass is 412 g/mol. The van der Waals surface area contributed by atoms with Gasteiger partial charge in [0.1, 0.15) is 0 Å². The van der Waals surface area contributed by atoms with Crippen molar-refractivity contribution in [3.05, 3.63) is 0 Å². The average molecular weight is 413 g/mol. The molecule has 0 N–H and O–H groups in total. The first-order valence-corrected chi connectivity index (χ1v) is 12.4. The molecule has 0 radical (unpaired) electrons. The van der Waals surface area contributed by atoms with Gasteiger partial charge in [0.2, 0.25) is 0 Å². The van der Waals surface area contributed by atoms with Gasteiger partial charge in [-0.1, -0.05) is 34.6 Å². The zero-order chi connectivity index (χ0) is 21.2. The number of hydrogen-bond donors (Lipinski definition) is 0. The van der Waals surface area contributed by atoms with Gasteiger partial charge >= 0.3 is 6.18 Å². The molecule has 0 nitrogen and oxygen atoms in total. The maximum absolute atomic E-state index is 13.4. The Bertz CT molecular complexity index is 602. The van der Waals surface area contributed by atoms with Gasteiger partial charge in [-0.3, -0.25) is 0 Å². The summed E-state index contributed by atoms with van der Waals surface area (Å²) in [7, 11) is 0. The van der Waals surface area contributed by atoms with E-state index >= 15 is 0 Å². The molecule has 29 heavy (non-hydrogen) atoms. The van der Waals surface area contributed by atoms with Gasteiger partial charge in [-0.25, -0.2) is 0 Å². The third-order valence-electron chi connectivity index (χ3n) is 10.6. The molecule has 0 aromatic carbocycles. The summed E-state index contributed by atoms with van der Waals surface area (Å²) >= 11 is 0. The topological polar surface area (TPSA) is 0 Å². The van der Waals surface area contributed by atoms with E-state index in [4.69, 9.17) is 0 Å². The van der Waals surface area contributed by atoms with E-state index < -0.39 is 12.1 Å². The van der Waals surface area contributed by atoms with Crippen LogP contribution in [0, 0.1) is 51.8 Å². The fourth-order valence-corrected chi connectivity index (χ4v) is 8.75. The summed E-state index contributed by atoms with van der Waals surface area (Å²) in [5.41, 5.74) is 1.06. The molecular weight excluding hydrogens is 369 g/mol. The van der Waals surface area contributed by atoms with Crippen LogP contribution in [0.25, 0.3) is 0 Å². The fraction of sp³-hybridized carbons (Fsp3) is 1.00. The van der Waals surface area contributed by atoms with E-state index in [0.717, 1.165) is 30.6 Å². The Kier molecular flexibility index (Phi) is 5.43. The lowest BCUT2D eigenvalue weighted by atomic mass is 9.44. The van der Waals surface area contributed by atoms with Crippen molar-refractivity contribution in [2.24, 2.45) is 51.8 Å². The van der Waals surface area contributed by atoms with Gasteiger partial charge in [0.15, 0.2) is 0 Å². The summed E-state index contributed by atoms with van der Waals surface area (Å²) in [5, 5.41) is 0. The zero-order valence-electron chi connectivity index (χ0n) is 19.4. The lowest BCUT2D eigenvalue weighted by Gasteiger charge is -2.61. The van der Waals surface area contributed by atoms with Crippen LogP contribution < -0.4 is 0 Å². The van der Waals surface area contributed by atoms with E-state index in [1.54, 1.807) is 0 Å². The second-order valence-corrected chi connectivity index (χ2v) is 13.1. The first-order chi connectivity index (χ1) is 13.3. The standard InChI is InChI=1S/C26H43F3/c1-23(2,3)13-10-17-7-9-21-20-8-6-18-16-19(26(27,28)29)11-14-25(18,5)22(20)12-15-24(17,21)4/h17-22H,6-16H2,1-5H3. The van der Waals surface area contributed by atoms with Gasteiger partial charge in [0.25, 0.3) is 0 Å². The highest BCUT2D eigenvalue weighted by Gasteiger charge is 2.61. The molecule has 3 heteroatoms. The molecule has 4 rings (SSSR count). The molecule has 0 aliphatic heterocycles. The third kappa shape index (κ3) is 3.79. The molecule has 4 aliphatic rings. The second kappa shape index (κ2) is 7.16. The van der Waals surface area contributed by atoms with Gasteiger partial charge in [-0.15, -0.1) is 0 Å². The molecule has 4 fully saturated rings. The van der Waals surface area contributed by atoms with Crippen molar-refractivity contribution in [1.29, 1.82) is 0 Å². The molecule has 0 bridgehead atoms. The van der Waals surface area contributed by atoms with Crippen LogP contribution in [0.15, 0.2) is 0 Å². The Morgan fingerprint density at radius 1 is 0.793 bits per heavy atom. The van der Waals surface area contributed by atoms with E-state index in [-0.39, 0.29) is 5.41 Å². The SMILES string of the molecule is CC(C)(C)CCC1CCC2C3CCC4CC(C(F)(F)F)CCC4(C)C3CCC12C. The number of alkyl halides is 3. The maximum Gasteiger partial charge on any atom is 0.391 e. The van der Waals surface area contributed by atoms with Gasteiger partial charge < -0.3 is 0 Å². The molecule has 0 aromatic rings. The van der Waals surface area contributed by atoms with E-state index in [0.29, 0.717) is 35.5 Å². The lowest BCUT2D eigenvalue weighted by molar-refractivity contribution is -0.208. The van der Waals surface area contributed by atoms with Crippen LogP contribution in [-0.2, 0) is 0 Å². The smallest absolute Gasteiger partial charge is 0.171 e. The Morgan fingerprint density at radius 2 is 1.45 bits per heavy atom. The normalized spacial score (nSPS) is 48.0. The van der Waals surface area contributed by atoms with Gasteiger partial charge in [-0.05, 0) is 116 Å². The molecule has 0 aromatic heterocycles. The van der Waals surface area contributed by atoms with Crippen LogP contribution >= 0.6 is 0 Å². The maximum atomic E-state index is 13.4. The molecule has 0 heterocycles. The van der Waals surface area contributed by atoms with Gasteiger partial charge in [0, 0.05) is 0 Å². The van der Waals surface area contributed by atoms with Crippen LogP contribution in [0.5, 0.6) is 0 Å². The lowest BCUT2D eigenvalue weighted by Crippen LogP contribution is -2.54. The van der Waals surface area contributed by atoms with Crippen molar-refractivity contribution in [3.63, 3.8) is 0 Å². The molecule has 0 saturated heterocycles. The number of hydrogen-bond acceptors (Lipinski definition) is 0. The molecule has 0 amide bonds. The minimum absolute atomic E-state index is 0.162.